The summed E-state index contributed by atoms with van der Waals surface area (Å²) in [5, 5.41) is 4.18. The Hall–Kier alpha value is -2.92. The van der Waals surface area contributed by atoms with Crippen LogP contribution in [0.4, 0.5) is 5.69 Å². The van der Waals surface area contributed by atoms with Crippen molar-refractivity contribution < 1.29 is 9.63 Å². The molecule has 0 saturated carbocycles. The van der Waals surface area contributed by atoms with Crippen LogP contribution in [0, 0.1) is 0 Å². The van der Waals surface area contributed by atoms with Gasteiger partial charge in [0.05, 0.1) is 12.3 Å². The molecule has 1 heterocycles. The second-order valence-corrected chi connectivity index (χ2v) is 7.51. The quantitative estimate of drug-likeness (QED) is 0.555. The minimum absolute atomic E-state index is 0.0937. The van der Waals surface area contributed by atoms with Crippen molar-refractivity contribution in [2.45, 2.75) is 19.1 Å². The first-order chi connectivity index (χ1) is 13.7. The molecule has 4 nitrogen and oxygen atoms in total. The molecule has 4 rings (SSSR count). The molecule has 0 bridgehead atoms. The van der Waals surface area contributed by atoms with Gasteiger partial charge in [-0.25, -0.2) is 0 Å². The summed E-state index contributed by atoms with van der Waals surface area (Å²) in [6.07, 6.45) is -0.175. The molecule has 0 radical (unpaired) electrons. The molecule has 0 unspecified atom stereocenters. The van der Waals surface area contributed by atoms with Gasteiger partial charge in [-0.3, -0.25) is 4.79 Å². The number of anilines is 1. The Balaban J connectivity index is 1.55. The van der Waals surface area contributed by atoms with Crippen molar-refractivity contribution in [3.63, 3.8) is 0 Å². The van der Waals surface area contributed by atoms with E-state index in [-0.39, 0.29) is 5.91 Å². The summed E-state index contributed by atoms with van der Waals surface area (Å²) in [4.78, 5) is 20.6. The first-order valence-electron chi connectivity index (χ1n) is 9.10. The summed E-state index contributed by atoms with van der Waals surface area (Å²) >= 11 is 3.47. The lowest BCUT2D eigenvalue weighted by molar-refractivity contribution is -0.128. The van der Waals surface area contributed by atoms with Crippen molar-refractivity contribution in [3.8, 4) is 0 Å². The van der Waals surface area contributed by atoms with E-state index in [0.717, 1.165) is 27.0 Å². The molecule has 5 heteroatoms. The third kappa shape index (κ3) is 4.15. The number of carbonyl (C=O) groups is 1. The number of hydrogen-bond acceptors (Lipinski definition) is 3. The van der Waals surface area contributed by atoms with Crippen molar-refractivity contribution in [3.05, 3.63) is 101 Å². The molecular formula is C23H19BrN2O2. The Labute approximate surface area is 172 Å². The number of para-hydroxylation sites is 1. The summed E-state index contributed by atoms with van der Waals surface area (Å²) < 4.78 is 0.970. The lowest BCUT2D eigenvalue weighted by Crippen LogP contribution is -2.39. The highest BCUT2D eigenvalue weighted by Crippen LogP contribution is 2.24. The zero-order valence-corrected chi connectivity index (χ0v) is 16.7. The minimum Gasteiger partial charge on any atom is -0.382 e. The van der Waals surface area contributed by atoms with Crippen molar-refractivity contribution >= 4 is 33.2 Å². The summed E-state index contributed by atoms with van der Waals surface area (Å²) in [5.41, 5.74) is 3.65. The van der Waals surface area contributed by atoms with Crippen molar-refractivity contribution in [2.24, 2.45) is 5.16 Å². The van der Waals surface area contributed by atoms with Gasteiger partial charge in [0.25, 0.3) is 5.91 Å². The van der Waals surface area contributed by atoms with Gasteiger partial charge in [-0.15, -0.1) is 0 Å². The van der Waals surface area contributed by atoms with E-state index in [9.17, 15) is 4.79 Å². The van der Waals surface area contributed by atoms with E-state index in [4.69, 9.17) is 4.84 Å². The topological polar surface area (TPSA) is 41.9 Å². The van der Waals surface area contributed by atoms with Crippen molar-refractivity contribution in [2.75, 3.05) is 4.90 Å². The Morgan fingerprint density at radius 1 is 1.00 bits per heavy atom. The maximum absolute atomic E-state index is 13.3. The van der Waals surface area contributed by atoms with Crippen LogP contribution in [-0.2, 0) is 16.2 Å². The first-order valence-corrected chi connectivity index (χ1v) is 9.89. The van der Waals surface area contributed by atoms with E-state index in [1.807, 2.05) is 84.9 Å². The molecule has 0 N–H and O–H groups in total. The third-order valence-electron chi connectivity index (χ3n) is 4.62. The normalized spacial score (nSPS) is 15.6. The number of nitrogens with zero attached hydrogens (tertiary/aromatic N) is 2. The van der Waals surface area contributed by atoms with Gasteiger partial charge in [-0.05, 0) is 29.8 Å². The molecule has 3 aromatic carbocycles. The second-order valence-electron chi connectivity index (χ2n) is 6.59. The first kappa shape index (κ1) is 18.4. The molecule has 3 aromatic rings. The summed E-state index contributed by atoms with van der Waals surface area (Å²) in [7, 11) is 0. The largest absolute Gasteiger partial charge is 0.382 e. The summed E-state index contributed by atoms with van der Waals surface area (Å²) in [5.74, 6) is -0.0937. The van der Waals surface area contributed by atoms with E-state index in [0.29, 0.717) is 13.0 Å². The third-order valence-corrected chi connectivity index (χ3v) is 5.11. The smallest absolute Gasteiger partial charge is 0.271 e. The Kier molecular flexibility index (Phi) is 5.53. The lowest BCUT2D eigenvalue weighted by atomic mass is 10.0. The zero-order chi connectivity index (χ0) is 19.3. The molecule has 0 spiro atoms. The van der Waals surface area contributed by atoms with Gasteiger partial charge >= 0.3 is 0 Å². The molecule has 1 amide bonds. The standard InChI is InChI=1S/C23H19BrN2O2/c24-19-11-7-10-18(14-19)21-15-22(28-25-21)23(27)26(20-12-5-2-6-13-20)16-17-8-3-1-4-9-17/h1-14,22H,15-16H2/t22-/m0/s1. The Morgan fingerprint density at radius 3 is 2.43 bits per heavy atom. The number of hydrogen-bond donors (Lipinski definition) is 0. The van der Waals surface area contributed by atoms with Crippen LogP contribution in [0.3, 0.4) is 0 Å². The number of amides is 1. The highest BCUT2D eigenvalue weighted by atomic mass is 79.9. The minimum atomic E-state index is -0.627. The molecule has 1 aliphatic rings. The SMILES string of the molecule is O=C([C@@H]1CC(c2cccc(Br)c2)=NO1)N(Cc1ccccc1)c1ccccc1. The maximum atomic E-state index is 13.3. The van der Waals surface area contributed by atoms with Crippen LogP contribution in [0.2, 0.25) is 0 Å². The fourth-order valence-corrected chi connectivity index (χ4v) is 3.59. The number of halogens is 1. The molecule has 1 atom stereocenters. The molecule has 28 heavy (non-hydrogen) atoms. The van der Waals surface area contributed by atoms with Gasteiger partial charge in [0.15, 0.2) is 0 Å². The van der Waals surface area contributed by atoms with Crippen molar-refractivity contribution in [1.29, 1.82) is 0 Å². The predicted octanol–water partition coefficient (Wildman–Crippen LogP) is 5.18. The van der Waals surface area contributed by atoms with Crippen LogP contribution in [0.1, 0.15) is 17.5 Å². The lowest BCUT2D eigenvalue weighted by Gasteiger charge is -2.25. The van der Waals surface area contributed by atoms with Crippen molar-refractivity contribution in [1.82, 2.24) is 0 Å². The highest BCUT2D eigenvalue weighted by molar-refractivity contribution is 9.10. The zero-order valence-electron chi connectivity index (χ0n) is 15.2. The maximum Gasteiger partial charge on any atom is 0.271 e. The molecule has 0 fully saturated rings. The number of benzene rings is 3. The average molecular weight is 435 g/mol. The predicted molar refractivity (Wildman–Crippen MR) is 114 cm³/mol. The highest BCUT2D eigenvalue weighted by Gasteiger charge is 2.33. The number of carbonyl (C=O) groups excluding carboxylic acids is 1. The van der Waals surface area contributed by atoms with E-state index in [1.54, 1.807) is 4.90 Å². The second kappa shape index (κ2) is 8.40. The molecular weight excluding hydrogens is 416 g/mol. The van der Waals surface area contributed by atoms with Crippen LogP contribution < -0.4 is 4.90 Å². The summed E-state index contributed by atoms with van der Waals surface area (Å²) in [6.45, 7) is 0.482. The van der Waals surface area contributed by atoms with E-state index < -0.39 is 6.10 Å². The Morgan fingerprint density at radius 2 is 1.71 bits per heavy atom. The van der Waals surface area contributed by atoms with Gasteiger partial charge in [0.1, 0.15) is 0 Å². The molecule has 0 saturated heterocycles. The van der Waals surface area contributed by atoms with Crippen LogP contribution >= 0.6 is 15.9 Å². The van der Waals surface area contributed by atoms with Gasteiger partial charge in [0.2, 0.25) is 6.10 Å². The van der Waals surface area contributed by atoms with Gasteiger partial charge < -0.3 is 9.74 Å². The molecule has 140 valence electrons. The van der Waals surface area contributed by atoms with Gasteiger partial charge in [-0.1, -0.05) is 81.7 Å². The van der Waals surface area contributed by atoms with Crippen LogP contribution in [-0.4, -0.2) is 17.7 Å². The fourth-order valence-electron chi connectivity index (χ4n) is 3.19. The summed E-state index contributed by atoms with van der Waals surface area (Å²) in [6, 6.07) is 27.5. The van der Waals surface area contributed by atoms with Crippen LogP contribution in [0.25, 0.3) is 0 Å². The van der Waals surface area contributed by atoms with E-state index >= 15 is 0 Å². The Bertz CT molecular complexity index is 990. The monoisotopic (exact) mass is 434 g/mol. The average Bonchev–Trinajstić information content (AvgIpc) is 3.23. The molecule has 1 aliphatic heterocycles. The van der Waals surface area contributed by atoms with Gasteiger partial charge in [0, 0.05) is 22.1 Å². The van der Waals surface area contributed by atoms with Crippen LogP contribution in [0.15, 0.2) is 94.6 Å². The number of oxime groups is 1. The van der Waals surface area contributed by atoms with Gasteiger partial charge in [-0.2, -0.15) is 0 Å². The van der Waals surface area contributed by atoms with E-state index in [1.165, 1.54) is 0 Å². The fraction of sp³-hybridized carbons (Fsp3) is 0.130. The van der Waals surface area contributed by atoms with E-state index in [2.05, 4.69) is 21.1 Å². The molecule has 0 aromatic heterocycles. The van der Waals surface area contributed by atoms with Crippen LogP contribution in [0.5, 0.6) is 0 Å². The molecule has 0 aliphatic carbocycles. The number of rotatable bonds is 5.